The number of aliphatic imine (C=N–C) groups is 1. The number of hydrogen-bond donors (Lipinski definition) is 2. The number of rotatable bonds is 9. The van der Waals surface area contributed by atoms with Gasteiger partial charge in [-0.05, 0) is 55.9 Å². The maximum absolute atomic E-state index is 8.85. The molecule has 3 aromatic rings. The number of aryl methyl sites for hydroxylation is 1. The number of ether oxygens (including phenoxy) is 2. The lowest BCUT2D eigenvalue weighted by Crippen LogP contribution is -2.51. The number of benzene rings is 2. The first kappa shape index (κ1) is 29.3. The maximum Gasteiger partial charge on any atom is 0.227 e. The van der Waals surface area contributed by atoms with E-state index in [2.05, 4.69) is 55.4 Å². The second-order valence-electron chi connectivity index (χ2n) is 11.5. The Morgan fingerprint density at radius 2 is 1.86 bits per heavy atom. The van der Waals surface area contributed by atoms with Gasteiger partial charge in [0.15, 0.2) is 0 Å². The zero-order valence-electron chi connectivity index (χ0n) is 25.4. The molecule has 226 valence electrons. The summed E-state index contributed by atoms with van der Waals surface area (Å²) in [7, 11) is 1.82. The molecule has 2 N–H and O–H groups in total. The van der Waals surface area contributed by atoms with Gasteiger partial charge in [0, 0.05) is 88.3 Å². The Labute approximate surface area is 254 Å². The van der Waals surface area contributed by atoms with Crippen molar-refractivity contribution in [3.8, 4) is 5.75 Å². The molecule has 1 atom stereocenters. The number of nitrogens with zero attached hydrogens (tertiary/aromatic N) is 5. The third kappa shape index (κ3) is 6.73. The van der Waals surface area contributed by atoms with E-state index in [0.717, 1.165) is 87.1 Å². The van der Waals surface area contributed by atoms with Crippen LogP contribution in [0, 0.1) is 5.41 Å². The fourth-order valence-electron chi connectivity index (χ4n) is 6.58. The standard InChI is InChI=1S/C34H43N7O2/c1-3-43-31-22-27(41-17-15-40(16-18-41)26-13-19-42-20-14-26)10-12-29(31)38-34-37-23-25-9-11-28(35)32(33(25)39-34)30(36-2)21-24-7-5-4-6-8-24/h4-8,10,12,22-23,26,32,35H,3,9,11,13-21H2,1-2H3,(H,37,38,39). The lowest BCUT2D eigenvalue weighted by molar-refractivity contribution is 0.0321. The van der Waals surface area contributed by atoms with E-state index in [4.69, 9.17) is 19.9 Å². The van der Waals surface area contributed by atoms with Crippen molar-refractivity contribution in [3.05, 3.63) is 71.5 Å². The van der Waals surface area contributed by atoms with Crippen molar-refractivity contribution in [1.29, 1.82) is 5.41 Å². The van der Waals surface area contributed by atoms with E-state index in [0.29, 0.717) is 37.2 Å². The Morgan fingerprint density at radius 3 is 2.60 bits per heavy atom. The molecule has 2 aliphatic heterocycles. The van der Waals surface area contributed by atoms with Crippen molar-refractivity contribution in [2.24, 2.45) is 4.99 Å². The molecule has 3 heterocycles. The molecule has 43 heavy (non-hydrogen) atoms. The molecule has 1 aromatic heterocycles. The second kappa shape index (κ2) is 13.7. The third-order valence-electron chi connectivity index (χ3n) is 8.93. The van der Waals surface area contributed by atoms with Crippen LogP contribution in [0.4, 0.5) is 17.3 Å². The van der Waals surface area contributed by atoms with Crippen molar-refractivity contribution in [3.63, 3.8) is 0 Å². The summed E-state index contributed by atoms with van der Waals surface area (Å²) in [5.74, 6) is 1.05. The van der Waals surface area contributed by atoms with Crippen LogP contribution in [0.5, 0.6) is 5.75 Å². The molecule has 9 nitrogen and oxygen atoms in total. The Kier molecular flexibility index (Phi) is 9.29. The Morgan fingerprint density at radius 1 is 1.07 bits per heavy atom. The average Bonchev–Trinajstić information content (AvgIpc) is 3.06. The Balaban J connectivity index is 1.19. The van der Waals surface area contributed by atoms with E-state index in [1.54, 1.807) is 0 Å². The SMILES string of the molecule is CCOc1cc(N2CCN(C3CCOCC3)CC2)ccc1Nc1ncc2c(n1)C(C(Cc1ccccc1)=NC)C(=N)CC2. The Bertz CT molecular complexity index is 1430. The van der Waals surface area contributed by atoms with E-state index >= 15 is 0 Å². The highest BCUT2D eigenvalue weighted by atomic mass is 16.5. The molecule has 0 saturated carbocycles. The number of fused-ring (bicyclic) bond motifs is 1. The van der Waals surface area contributed by atoms with Crippen LogP contribution < -0.4 is 15.0 Å². The van der Waals surface area contributed by atoms with Gasteiger partial charge in [-0.3, -0.25) is 9.89 Å². The van der Waals surface area contributed by atoms with Gasteiger partial charge in [-0.25, -0.2) is 9.97 Å². The van der Waals surface area contributed by atoms with E-state index < -0.39 is 0 Å². The normalized spacial score (nSPS) is 20.1. The molecule has 6 rings (SSSR count). The minimum atomic E-state index is -0.244. The van der Waals surface area contributed by atoms with Crippen LogP contribution in [0.2, 0.25) is 0 Å². The molecule has 3 aliphatic rings. The van der Waals surface area contributed by atoms with Gasteiger partial charge in [-0.2, -0.15) is 0 Å². The van der Waals surface area contributed by atoms with Gasteiger partial charge < -0.3 is 25.1 Å². The molecular weight excluding hydrogens is 538 g/mol. The zero-order chi connectivity index (χ0) is 29.6. The highest BCUT2D eigenvalue weighted by Gasteiger charge is 2.31. The maximum atomic E-state index is 8.85. The molecule has 0 radical (unpaired) electrons. The predicted molar refractivity (Wildman–Crippen MR) is 173 cm³/mol. The fraction of sp³-hybridized carbons (Fsp3) is 0.471. The fourth-order valence-corrected chi connectivity index (χ4v) is 6.58. The predicted octanol–water partition coefficient (Wildman–Crippen LogP) is 5.28. The quantitative estimate of drug-likeness (QED) is 0.332. The molecule has 1 aliphatic carbocycles. The number of anilines is 3. The summed E-state index contributed by atoms with van der Waals surface area (Å²) in [6.45, 7) is 8.48. The van der Waals surface area contributed by atoms with Crippen molar-refractivity contribution >= 4 is 28.7 Å². The summed E-state index contributed by atoms with van der Waals surface area (Å²) in [4.78, 5) is 19.4. The molecule has 2 fully saturated rings. The molecular formula is C34H43N7O2. The smallest absolute Gasteiger partial charge is 0.227 e. The van der Waals surface area contributed by atoms with Gasteiger partial charge >= 0.3 is 0 Å². The summed E-state index contributed by atoms with van der Waals surface area (Å²) in [5, 5.41) is 12.3. The summed E-state index contributed by atoms with van der Waals surface area (Å²) in [6, 6.07) is 17.3. The first-order valence-electron chi connectivity index (χ1n) is 15.7. The van der Waals surface area contributed by atoms with Crippen LogP contribution in [0.25, 0.3) is 0 Å². The highest BCUT2D eigenvalue weighted by molar-refractivity contribution is 6.12. The summed E-state index contributed by atoms with van der Waals surface area (Å²) in [6.07, 6.45) is 6.35. The first-order chi connectivity index (χ1) is 21.1. The second-order valence-corrected chi connectivity index (χ2v) is 11.5. The molecule has 2 saturated heterocycles. The van der Waals surface area contributed by atoms with Gasteiger partial charge in [0.25, 0.3) is 0 Å². The van der Waals surface area contributed by atoms with Crippen molar-refractivity contribution < 1.29 is 9.47 Å². The number of hydrogen-bond acceptors (Lipinski definition) is 9. The minimum Gasteiger partial charge on any atom is -0.492 e. The van der Waals surface area contributed by atoms with E-state index in [1.165, 1.54) is 11.3 Å². The summed E-state index contributed by atoms with van der Waals surface area (Å²) < 4.78 is 11.7. The van der Waals surface area contributed by atoms with Gasteiger partial charge in [0.2, 0.25) is 5.95 Å². The van der Waals surface area contributed by atoms with Crippen LogP contribution >= 0.6 is 0 Å². The summed E-state index contributed by atoms with van der Waals surface area (Å²) in [5.41, 5.74) is 6.76. The average molecular weight is 582 g/mol. The number of piperazine rings is 1. The van der Waals surface area contributed by atoms with Gasteiger partial charge in [0.1, 0.15) is 5.75 Å². The van der Waals surface area contributed by atoms with Crippen molar-refractivity contribution in [2.45, 2.75) is 51.0 Å². The first-order valence-corrected chi connectivity index (χ1v) is 15.7. The van der Waals surface area contributed by atoms with Crippen LogP contribution in [0.3, 0.4) is 0 Å². The van der Waals surface area contributed by atoms with Gasteiger partial charge in [-0.15, -0.1) is 0 Å². The highest BCUT2D eigenvalue weighted by Crippen LogP contribution is 2.35. The van der Waals surface area contributed by atoms with E-state index in [9.17, 15) is 0 Å². The largest absolute Gasteiger partial charge is 0.492 e. The Hall–Kier alpha value is -3.82. The lowest BCUT2D eigenvalue weighted by Gasteiger charge is -2.41. The van der Waals surface area contributed by atoms with Crippen molar-refractivity contribution in [2.75, 3.05) is 63.3 Å². The minimum absolute atomic E-state index is 0.244. The monoisotopic (exact) mass is 581 g/mol. The van der Waals surface area contributed by atoms with Gasteiger partial charge in [-0.1, -0.05) is 30.3 Å². The number of nitrogens with one attached hydrogen (secondary N) is 2. The van der Waals surface area contributed by atoms with Crippen LogP contribution in [-0.2, 0) is 17.6 Å². The molecule has 0 amide bonds. The molecule has 9 heteroatoms. The molecule has 2 aromatic carbocycles. The molecule has 1 unspecified atom stereocenters. The third-order valence-corrected chi connectivity index (χ3v) is 8.93. The van der Waals surface area contributed by atoms with E-state index in [1.807, 2.05) is 38.4 Å². The van der Waals surface area contributed by atoms with Crippen LogP contribution in [0.15, 0.2) is 59.7 Å². The topological polar surface area (TPSA) is 99.0 Å². The molecule has 0 spiro atoms. The zero-order valence-corrected chi connectivity index (χ0v) is 25.4. The number of aromatic nitrogens is 2. The molecule has 0 bridgehead atoms. The van der Waals surface area contributed by atoms with Crippen LogP contribution in [0.1, 0.15) is 48.9 Å². The van der Waals surface area contributed by atoms with E-state index in [-0.39, 0.29) is 5.92 Å². The van der Waals surface area contributed by atoms with Crippen LogP contribution in [-0.4, -0.2) is 85.4 Å². The summed E-state index contributed by atoms with van der Waals surface area (Å²) >= 11 is 0. The van der Waals surface area contributed by atoms with Gasteiger partial charge in [0.05, 0.1) is 23.9 Å². The van der Waals surface area contributed by atoms with Crippen molar-refractivity contribution in [1.82, 2.24) is 14.9 Å². The lowest BCUT2D eigenvalue weighted by atomic mass is 9.80.